The minimum atomic E-state index is -1.97. The fourth-order valence-corrected chi connectivity index (χ4v) is 6.66. The number of esters is 1. The van der Waals surface area contributed by atoms with Crippen LogP contribution in [0.1, 0.15) is 38.8 Å². The van der Waals surface area contributed by atoms with Crippen molar-refractivity contribution >= 4 is 26.1 Å². The maximum atomic E-state index is 12.9. The average molecular weight is 596 g/mol. The van der Waals surface area contributed by atoms with Crippen LogP contribution in [0.4, 0.5) is 10.5 Å². The second-order valence-corrected chi connectivity index (χ2v) is 17.9. The van der Waals surface area contributed by atoms with E-state index in [4.69, 9.17) is 18.7 Å². The van der Waals surface area contributed by atoms with Crippen molar-refractivity contribution < 1.29 is 28.3 Å². The molecule has 3 aliphatic heterocycles. The molecule has 3 saturated heterocycles. The van der Waals surface area contributed by atoms with E-state index in [1.807, 2.05) is 43.3 Å². The van der Waals surface area contributed by atoms with Crippen LogP contribution in [0.5, 0.6) is 0 Å². The summed E-state index contributed by atoms with van der Waals surface area (Å²) < 4.78 is 17.7. The molecule has 3 fully saturated rings. The van der Waals surface area contributed by atoms with Crippen LogP contribution in [0.25, 0.3) is 0 Å². The van der Waals surface area contributed by atoms with Crippen molar-refractivity contribution in [2.24, 2.45) is 5.92 Å². The molecule has 0 radical (unpaired) electrons. The Morgan fingerprint density at radius 1 is 1.00 bits per heavy atom. The summed E-state index contributed by atoms with van der Waals surface area (Å²) in [5.41, 5.74) is 3.11. The minimum absolute atomic E-state index is 0.0693. The lowest BCUT2D eigenvalue weighted by Crippen LogP contribution is -2.49. The maximum Gasteiger partial charge on any atom is 0.410 e. The van der Waals surface area contributed by atoms with E-state index in [-0.39, 0.29) is 41.8 Å². The summed E-state index contributed by atoms with van der Waals surface area (Å²) >= 11 is 0. The molecule has 42 heavy (non-hydrogen) atoms. The van der Waals surface area contributed by atoms with Gasteiger partial charge in [-0.25, -0.2) is 4.79 Å². The second-order valence-electron chi connectivity index (χ2n) is 13.1. The summed E-state index contributed by atoms with van der Waals surface area (Å²) in [4.78, 5) is 35.9. The number of amides is 1. The summed E-state index contributed by atoms with van der Waals surface area (Å²) in [7, 11) is -1.97. The molecule has 228 valence electrons. The highest BCUT2D eigenvalue weighted by Crippen LogP contribution is 2.41. The van der Waals surface area contributed by atoms with Gasteiger partial charge in [0, 0.05) is 31.9 Å². The summed E-state index contributed by atoms with van der Waals surface area (Å²) in [6.07, 6.45) is -0.733. The van der Waals surface area contributed by atoms with Gasteiger partial charge in [0.25, 0.3) is 0 Å². The van der Waals surface area contributed by atoms with E-state index in [9.17, 15) is 9.59 Å². The topological polar surface area (TPSA) is 80.8 Å². The average Bonchev–Trinajstić information content (AvgIpc) is 3.48. The van der Waals surface area contributed by atoms with Crippen LogP contribution in [0.2, 0.25) is 18.1 Å². The first kappa shape index (κ1) is 30.5. The Labute approximate surface area is 250 Å². The van der Waals surface area contributed by atoms with Crippen molar-refractivity contribution in [3.05, 3.63) is 65.7 Å². The van der Waals surface area contributed by atoms with Gasteiger partial charge in [0.15, 0.2) is 8.32 Å². The lowest BCUT2D eigenvalue weighted by atomic mass is 9.93. The lowest BCUT2D eigenvalue weighted by Gasteiger charge is -2.37. The molecule has 10 heteroatoms. The van der Waals surface area contributed by atoms with E-state index >= 15 is 0 Å². The predicted molar refractivity (Wildman–Crippen MR) is 163 cm³/mol. The molecule has 3 heterocycles. The Bertz CT molecular complexity index is 1240. The molecule has 2 aromatic carbocycles. The standard InChI is InChI=1S/C32H45N3O6Si/c1-23-28-27(22-39-42(5,6)32(2,3)4)41-35(29(28)30(36)40-23)20-25-13-10-14-26(19-25)33-15-17-34(18-16-33)31(37)38-21-24-11-8-7-9-12-24/h7-14,19,23,27-29H,15-18,20-22H2,1-6H3/t23-,27-,28+,29-/m0/s1. The zero-order valence-corrected chi connectivity index (χ0v) is 26.7. The highest BCUT2D eigenvalue weighted by Gasteiger charge is 2.56. The van der Waals surface area contributed by atoms with Crippen LogP contribution in [-0.2, 0) is 36.7 Å². The molecule has 0 unspecified atom stereocenters. The third kappa shape index (κ3) is 6.67. The van der Waals surface area contributed by atoms with E-state index in [0.717, 1.165) is 16.8 Å². The number of hydroxylamine groups is 2. The maximum absolute atomic E-state index is 12.9. The molecule has 0 saturated carbocycles. The third-order valence-corrected chi connectivity index (χ3v) is 13.7. The fraction of sp³-hybridized carbons (Fsp3) is 0.562. The van der Waals surface area contributed by atoms with Crippen molar-refractivity contribution in [1.29, 1.82) is 0 Å². The monoisotopic (exact) mass is 595 g/mol. The molecular formula is C32H45N3O6Si. The molecule has 0 bridgehead atoms. The van der Waals surface area contributed by atoms with E-state index < -0.39 is 14.4 Å². The number of cyclic esters (lactones) is 1. The van der Waals surface area contributed by atoms with Gasteiger partial charge in [-0.15, -0.1) is 0 Å². The third-order valence-electron chi connectivity index (χ3n) is 9.23. The first-order valence-electron chi connectivity index (χ1n) is 15.0. The van der Waals surface area contributed by atoms with Crippen LogP contribution in [0, 0.1) is 5.92 Å². The molecule has 1 amide bonds. The Hall–Kier alpha value is -2.92. The molecule has 3 aliphatic rings. The molecule has 4 atom stereocenters. The number of hydrogen-bond acceptors (Lipinski definition) is 8. The smallest absolute Gasteiger partial charge is 0.410 e. The Kier molecular flexibility index (Phi) is 8.99. The normalized spacial score (nSPS) is 25.0. The van der Waals surface area contributed by atoms with Gasteiger partial charge >= 0.3 is 12.1 Å². The number of anilines is 1. The Morgan fingerprint density at radius 2 is 1.69 bits per heavy atom. The van der Waals surface area contributed by atoms with E-state index in [1.54, 1.807) is 9.96 Å². The molecule has 0 spiro atoms. The van der Waals surface area contributed by atoms with E-state index in [0.29, 0.717) is 39.3 Å². The van der Waals surface area contributed by atoms with E-state index in [2.05, 4.69) is 57.0 Å². The molecule has 5 rings (SSSR count). The number of carbonyl (C=O) groups excluding carboxylic acids is 2. The molecule has 2 aromatic rings. The summed E-state index contributed by atoms with van der Waals surface area (Å²) in [6, 6.07) is 17.6. The number of carbonyl (C=O) groups is 2. The van der Waals surface area contributed by atoms with Crippen LogP contribution in [-0.4, -0.2) is 81.4 Å². The SMILES string of the molecule is C[C@@H]1OC(=O)[C@@H]2[C@H]1[C@H](CO[Si](C)(C)C(C)(C)C)ON2Cc1cccc(N2CCN(C(=O)OCc3ccccc3)CC2)c1. The van der Waals surface area contributed by atoms with Crippen LogP contribution >= 0.6 is 0 Å². The highest BCUT2D eigenvalue weighted by atomic mass is 28.4. The summed E-state index contributed by atoms with van der Waals surface area (Å²) in [5.74, 6) is -0.297. The Balaban J connectivity index is 1.18. The second kappa shape index (κ2) is 12.4. The zero-order chi connectivity index (χ0) is 30.1. The first-order chi connectivity index (χ1) is 19.9. The molecule has 0 N–H and O–H groups in total. The first-order valence-corrected chi connectivity index (χ1v) is 17.9. The van der Waals surface area contributed by atoms with Gasteiger partial charge in [-0.1, -0.05) is 63.2 Å². The quantitative estimate of drug-likeness (QED) is 0.304. The minimum Gasteiger partial charge on any atom is -0.461 e. The van der Waals surface area contributed by atoms with Crippen molar-refractivity contribution in [3.8, 4) is 0 Å². The largest absolute Gasteiger partial charge is 0.461 e. The predicted octanol–water partition coefficient (Wildman–Crippen LogP) is 5.21. The number of piperazine rings is 1. The number of ether oxygens (including phenoxy) is 2. The van der Waals surface area contributed by atoms with Crippen molar-refractivity contribution in [3.63, 3.8) is 0 Å². The zero-order valence-electron chi connectivity index (χ0n) is 25.7. The van der Waals surface area contributed by atoms with Crippen molar-refractivity contribution in [2.75, 3.05) is 37.7 Å². The summed E-state index contributed by atoms with van der Waals surface area (Å²) in [5, 5.41) is 1.89. The Morgan fingerprint density at radius 3 is 2.38 bits per heavy atom. The van der Waals surface area contributed by atoms with Gasteiger partial charge in [-0.05, 0) is 48.3 Å². The number of hydrogen-bond donors (Lipinski definition) is 0. The number of benzene rings is 2. The molecule has 0 aromatic heterocycles. The number of nitrogens with zero attached hydrogens (tertiary/aromatic N) is 3. The van der Waals surface area contributed by atoms with Crippen LogP contribution in [0.15, 0.2) is 54.6 Å². The van der Waals surface area contributed by atoms with Crippen molar-refractivity contribution in [1.82, 2.24) is 9.96 Å². The highest BCUT2D eigenvalue weighted by molar-refractivity contribution is 6.74. The molecule has 0 aliphatic carbocycles. The molecular weight excluding hydrogens is 550 g/mol. The van der Waals surface area contributed by atoms with Gasteiger partial charge in [-0.2, -0.15) is 5.06 Å². The van der Waals surface area contributed by atoms with Crippen molar-refractivity contribution in [2.45, 2.75) is 77.2 Å². The van der Waals surface area contributed by atoms with Gasteiger partial charge in [0.1, 0.15) is 24.9 Å². The van der Waals surface area contributed by atoms with Gasteiger partial charge in [0.2, 0.25) is 0 Å². The summed E-state index contributed by atoms with van der Waals surface area (Å²) in [6.45, 7) is 16.9. The fourth-order valence-electron chi connectivity index (χ4n) is 5.64. The number of rotatable bonds is 8. The van der Waals surface area contributed by atoms with Crippen LogP contribution in [0.3, 0.4) is 0 Å². The van der Waals surface area contributed by atoms with Gasteiger partial charge in [-0.3, -0.25) is 9.63 Å². The lowest BCUT2D eigenvalue weighted by molar-refractivity contribution is -0.194. The van der Waals surface area contributed by atoms with Crippen LogP contribution < -0.4 is 4.90 Å². The number of fused-ring (bicyclic) bond motifs is 1. The van der Waals surface area contributed by atoms with Gasteiger partial charge < -0.3 is 23.7 Å². The van der Waals surface area contributed by atoms with E-state index in [1.165, 1.54) is 0 Å². The van der Waals surface area contributed by atoms with Gasteiger partial charge in [0.05, 0.1) is 19.1 Å². The molecule has 9 nitrogen and oxygen atoms in total.